The summed E-state index contributed by atoms with van der Waals surface area (Å²) in [7, 11) is 0. The Bertz CT molecular complexity index is 475. The largest absolute Gasteiger partial charge is 0.416 e. The minimum absolute atomic E-state index is 0.0269. The van der Waals surface area contributed by atoms with Crippen LogP contribution >= 0.6 is 11.6 Å². The number of benzene rings is 1. The lowest BCUT2D eigenvalue weighted by Crippen LogP contribution is -2.55. The van der Waals surface area contributed by atoms with Crippen molar-refractivity contribution in [3.8, 4) is 0 Å². The molecule has 0 spiro atoms. The topological polar surface area (TPSA) is 26.0 Å². The van der Waals surface area contributed by atoms with E-state index in [1.54, 1.807) is 0 Å². The Labute approximate surface area is 105 Å². The van der Waals surface area contributed by atoms with E-state index in [1.165, 1.54) is 0 Å². The molecule has 0 atom stereocenters. The molecule has 2 rings (SSSR count). The molecule has 1 nitrogen and oxygen atoms in total. The van der Waals surface area contributed by atoms with Crippen molar-refractivity contribution in [2.45, 2.75) is 30.5 Å². The van der Waals surface area contributed by atoms with Crippen LogP contribution in [-0.2, 0) is 11.7 Å². The van der Waals surface area contributed by atoms with Crippen molar-refractivity contribution in [3.63, 3.8) is 0 Å². The molecule has 1 aromatic carbocycles. The van der Waals surface area contributed by atoms with E-state index in [1.807, 2.05) is 0 Å². The van der Waals surface area contributed by atoms with E-state index in [2.05, 4.69) is 0 Å². The molecule has 0 aromatic heterocycles. The first-order chi connectivity index (χ1) is 8.04. The first kappa shape index (κ1) is 13.5. The number of nitrogens with two attached hydrogens (primary N) is 1. The summed E-state index contributed by atoms with van der Waals surface area (Å²) in [5, 5.41) is -0.0269. The second-order valence-electron chi connectivity index (χ2n) is 4.56. The maximum atomic E-state index is 12.8. The minimum Gasteiger partial charge on any atom is -0.321 e. The van der Waals surface area contributed by atoms with Crippen molar-refractivity contribution in [1.82, 2.24) is 0 Å². The normalized spacial score (nSPS) is 21.5. The van der Waals surface area contributed by atoms with Crippen molar-refractivity contribution in [1.29, 1.82) is 0 Å². The van der Waals surface area contributed by atoms with Crippen LogP contribution in [-0.4, -0.2) is 5.92 Å². The summed E-state index contributed by atoms with van der Waals surface area (Å²) in [5.74, 6) is -2.94. The molecule has 0 unspecified atom stereocenters. The SMILES string of the molecule is NC1(c2cc(C(F)(F)F)ccc2Cl)CC(F)(F)C1. The maximum absolute atomic E-state index is 12.8. The molecule has 1 saturated carbocycles. The summed E-state index contributed by atoms with van der Waals surface area (Å²) in [4.78, 5) is 0. The highest BCUT2D eigenvalue weighted by molar-refractivity contribution is 6.31. The van der Waals surface area contributed by atoms with Crippen LogP contribution in [0.4, 0.5) is 22.0 Å². The van der Waals surface area contributed by atoms with Gasteiger partial charge in [-0.15, -0.1) is 0 Å². The molecule has 0 radical (unpaired) electrons. The summed E-state index contributed by atoms with van der Waals surface area (Å²) in [6, 6.07) is 2.58. The summed E-state index contributed by atoms with van der Waals surface area (Å²) >= 11 is 5.74. The third-order valence-electron chi connectivity index (χ3n) is 2.98. The highest BCUT2D eigenvalue weighted by Crippen LogP contribution is 2.52. The van der Waals surface area contributed by atoms with Gasteiger partial charge in [0.15, 0.2) is 0 Å². The van der Waals surface area contributed by atoms with Crippen LogP contribution in [0.3, 0.4) is 0 Å². The van der Waals surface area contributed by atoms with Gasteiger partial charge in [0.1, 0.15) is 0 Å². The second-order valence-corrected chi connectivity index (χ2v) is 4.97. The van der Waals surface area contributed by atoms with Crippen LogP contribution in [0.5, 0.6) is 0 Å². The molecule has 0 bridgehead atoms. The lowest BCUT2D eigenvalue weighted by molar-refractivity contribution is -0.138. The molecule has 1 aliphatic rings. The maximum Gasteiger partial charge on any atom is 0.416 e. The highest BCUT2D eigenvalue weighted by atomic mass is 35.5. The molecule has 1 aliphatic carbocycles. The smallest absolute Gasteiger partial charge is 0.321 e. The lowest BCUT2D eigenvalue weighted by atomic mass is 9.69. The average molecular weight is 286 g/mol. The Morgan fingerprint density at radius 3 is 2.17 bits per heavy atom. The van der Waals surface area contributed by atoms with E-state index in [4.69, 9.17) is 17.3 Å². The zero-order valence-electron chi connectivity index (χ0n) is 8.99. The van der Waals surface area contributed by atoms with E-state index >= 15 is 0 Å². The zero-order valence-corrected chi connectivity index (χ0v) is 9.75. The van der Waals surface area contributed by atoms with Crippen molar-refractivity contribution >= 4 is 11.6 Å². The first-order valence-electron chi connectivity index (χ1n) is 5.07. The Balaban J connectivity index is 2.40. The van der Waals surface area contributed by atoms with Gasteiger partial charge in [0.2, 0.25) is 0 Å². The van der Waals surface area contributed by atoms with Gasteiger partial charge in [-0.1, -0.05) is 11.6 Å². The average Bonchev–Trinajstić information content (AvgIpc) is 2.12. The fourth-order valence-electron chi connectivity index (χ4n) is 2.14. The van der Waals surface area contributed by atoms with Gasteiger partial charge in [-0.2, -0.15) is 13.2 Å². The first-order valence-corrected chi connectivity index (χ1v) is 5.45. The molecule has 0 heterocycles. The van der Waals surface area contributed by atoms with Crippen LogP contribution in [0, 0.1) is 0 Å². The monoisotopic (exact) mass is 285 g/mol. The third-order valence-corrected chi connectivity index (χ3v) is 3.31. The van der Waals surface area contributed by atoms with E-state index in [9.17, 15) is 22.0 Å². The number of rotatable bonds is 1. The highest BCUT2D eigenvalue weighted by Gasteiger charge is 2.56. The van der Waals surface area contributed by atoms with Crippen LogP contribution in [0.2, 0.25) is 5.02 Å². The van der Waals surface area contributed by atoms with E-state index in [0.717, 1.165) is 18.2 Å². The number of hydrogen-bond donors (Lipinski definition) is 1. The Morgan fingerprint density at radius 1 is 1.17 bits per heavy atom. The fourth-order valence-corrected chi connectivity index (χ4v) is 2.45. The Hall–Kier alpha value is -0.880. The van der Waals surface area contributed by atoms with Gasteiger partial charge < -0.3 is 5.73 Å². The van der Waals surface area contributed by atoms with Gasteiger partial charge in [-0.05, 0) is 23.8 Å². The predicted octanol–water partition coefficient (Wildman–Crippen LogP) is 3.94. The van der Waals surface area contributed by atoms with Crippen molar-refractivity contribution in [2.75, 3.05) is 0 Å². The molecular weight excluding hydrogens is 277 g/mol. The van der Waals surface area contributed by atoms with E-state index in [-0.39, 0.29) is 10.6 Å². The van der Waals surface area contributed by atoms with Crippen molar-refractivity contribution in [3.05, 3.63) is 34.3 Å². The minimum atomic E-state index is -4.55. The van der Waals surface area contributed by atoms with E-state index < -0.39 is 36.0 Å². The quantitative estimate of drug-likeness (QED) is 0.777. The van der Waals surface area contributed by atoms with Crippen LogP contribution in [0.1, 0.15) is 24.0 Å². The molecule has 18 heavy (non-hydrogen) atoms. The van der Waals surface area contributed by atoms with Crippen molar-refractivity contribution in [2.24, 2.45) is 5.73 Å². The van der Waals surface area contributed by atoms with Gasteiger partial charge in [-0.3, -0.25) is 0 Å². The Kier molecular flexibility index (Phi) is 2.86. The van der Waals surface area contributed by atoms with E-state index in [0.29, 0.717) is 0 Å². The van der Waals surface area contributed by atoms with Crippen LogP contribution in [0.15, 0.2) is 18.2 Å². The molecular formula is C11H9ClF5N. The zero-order chi connectivity index (χ0) is 13.8. The third kappa shape index (κ3) is 2.31. The Morgan fingerprint density at radius 2 is 1.72 bits per heavy atom. The van der Waals surface area contributed by atoms with Gasteiger partial charge in [0.25, 0.3) is 5.92 Å². The molecule has 0 amide bonds. The van der Waals surface area contributed by atoms with Crippen molar-refractivity contribution < 1.29 is 22.0 Å². The molecule has 0 saturated heterocycles. The van der Waals surface area contributed by atoms with Crippen LogP contribution < -0.4 is 5.73 Å². The molecule has 100 valence electrons. The second kappa shape index (κ2) is 3.81. The fraction of sp³-hybridized carbons (Fsp3) is 0.455. The van der Waals surface area contributed by atoms with Gasteiger partial charge in [-0.25, -0.2) is 8.78 Å². The molecule has 1 fully saturated rings. The summed E-state index contributed by atoms with van der Waals surface area (Å²) in [5.41, 5.74) is 3.18. The van der Waals surface area contributed by atoms with Gasteiger partial charge in [0, 0.05) is 17.9 Å². The molecule has 0 aliphatic heterocycles. The number of hydrogen-bond acceptors (Lipinski definition) is 1. The molecule has 7 heteroatoms. The standard InChI is InChI=1S/C11H9ClF5N/c12-8-2-1-6(11(15,16)17)3-7(8)9(18)4-10(13,14)5-9/h1-3H,4-5,18H2. The van der Waals surface area contributed by atoms with Gasteiger partial charge >= 0.3 is 6.18 Å². The molecule has 2 N–H and O–H groups in total. The van der Waals surface area contributed by atoms with Gasteiger partial charge in [0.05, 0.1) is 11.1 Å². The van der Waals surface area contributed by atoms with Crippen LogP contribution in [0.25, 0.3) is 0 Å². The number of halogens is 6. The number of alkyl halides is 5. The summed E-state index contributed by atoms with van der Waals surface area (Å²) < 4.78 is 63.3. The summed E-state index contributed by atoms with van der Waals surface area (Å²) in [6.07, 6.45) is -5.94. The summed E-state index contributed by atoms with van der Waals surface area (Å²) in [6.45, 7) is 0. The predicted molar refractivity (Wildman–Crippen MR) is 56.5 cm³/mol. The molecule has 1 aromatic rings. The lowest BCUT2D eigenvalue weighted by Gasteiger charge is -2.45.